The highest BCUT2D eigenvalue weighted by atomic mass is 16.6. The highest BCUT2D eigenvalue weighted by molar-refractivity contribution is 5.86. The zero-order valence-corrected chi connectivity index (χ0v) is 14.7. The fourth-order valence-electron chi connectivity index (χ4n) is 2.80. The molecule has 0 aromatic heterocycles. The van der Waals surface area contributed by atoms with Crippen molar-refractivity contribution in [3.05, 3.63) is 0 Å². The molecule has 0 spiro atoms. The number of hydrogen-bond donors (Lipinski definition) is 3. The molecule has 2 heterocycles. The van der Waals surface area contributed by atoms with E-state index in [9.17, 15) is 19.5 Å². The third-order valence-electron chi connectivity index (χ3n) is 4.38. The smallest absolute Gasteiger partial charge is 0.410 e. The molecule has 3 atom stereocenters. The highest BCUT2D eigenvalue weighted by Gasteiger charge is 2.42. The summed E-state index contributed by atoms with van der Waals surface area (Å²) < 4.78 is 5.29. The number of carbonyl (C=O) groups is 3. The first kappa shape index (κ1) is 18.5. The quantitative estimate of drug-likeness (QED) is 0.655. The molecule has 136 valence electrons. The first-order valence-electron chi connectivity index (χ1n) is 8.24. The van der Waals surface area contributed by atoms with Crippen molar-refractivity contribution in [3.8, 4) is 0 Å². The number of rotatable bonds is 2. The Kier molecular flexibility index (Phi) is 5.08. The van der Waals surface area contributed by atoms with Crippen LogP contribution in [0.4, 0.5) is 4.79 Å². The van der Waals surface area contributed by atoms with Gasteiger partial charge in [-0.3, -0.25) is 9.59 Å². The van der Waals surface area contributed by atoms with Crippen LogP contribution in [0.2, 0.25) is 0 Å². The van der Waals surface area contributed by atoms with E-state index < -0.39 is 29.3 Å². The zero-order valence-electron chi connectivity index (χ0n) is 14.7. The summed E-state index contributed by atoms with van der Waals surface area (Å²) in [7, 11) is 0. The lowest BCUT2D eigenvalue weighted by molar-refractivity contribution is -0.135. The van der Waals surface area contributed by atoms with Crippen LogP contribution in [0.15, 0.2) is 0 Å². The number of nitrogens with one attached hydrogen (secondary N) is 2. The second-order valence-electron chi connectivity index (χ2n) is 7.87. The Hall–Kier alpha value is -1.83. The molecule has 0 aromatic rings. The Morgan fingerprint density at radius 3 is 2.58 bits per heavy atom. The number of amides is 3. The number of β-amino-alcohol motifs (C(OH)–C–C–N with tert-alkyl or cyclic N) is 1. The molecule has 8 nitrogen and oxygen atoms in total. The molecular formula is C16H27N3O5. The molecule has 0 aromatic carbocycles. The van der Waals surface area contributed by atoms with Gasteiger partial charge in [-0.05, 0) is 34.1 Å². The van der Waals surface area contributed by atoms with Crippen molar-refractivity contribution in [2.75, 3.05) is 19.6 Å². The molecule has 1 unspecified atom stereocenters. The van der Waals surface area contributed by atoms with Crippen LogP contribution in [0.3, 0.4) is 0 Å². The Labute approximate surface area is 141 Å². The molecule has 2 fully saturated rings. The second-order valence-corrected chi connectivity index (χ2v) is 7.87. The van der Waals surface area contributed by atoms with Crippen LogP contribution < -0.4 is 10.6 Å². The minimum Gasteiger partial charge on any atom is -0.444 e. The van der Waals surface area contributed by atoms with Crippen LogP contribution in [0.5, 0.6) is 0 Å². The van der Waals surface area contributed by atoms with Crippen LogP contribution in [0.25, 0.3) is 0 Å². The standard InChI is InChI=1S/C16H27N3O5/c1-15(2,3)24-14(23)19-7-10(11(20)8-19)18-13(22)16(4)6-5-12(21)17-9-16/h10-11,20H,5-9H2,1-4H3,(H,17,21)(H,18,22)/t10-,11+,16?/m0/s1. The first-order valence-corrected chi connectivity index (χ1v) is 8.24. The van der Waals surface area contributed by atoms with Gasteiger partial charge in [0.05, 0.1) is 24.1 Å². The topological polar surface area (TPSA) is 108 Å². The molecule has 3 N–H and O–H groups in total. The first-order chi connectivity index (χ1) is 11.0. The summed E-state index contributed by atoms with van der Waals surface area (Å²) in [5.41, 5.74) is -1.32. The highest BCUT2D eigenvalue weighted by Crippen LogP contribution is 2.27. The van der Waals surface area contributed by atoms with Crippen molar-refractivity contribution in [1.29, 1.82) is 0 Å². The third-order valence-corrected chi connectivity index (χ3v) is 4.38. The number of aliphatic hydroxyl groups is 1. The number of likely N-dealkylation sites (tertiary alicyclic amines) is 1. The number of nitrogens with zero attached hydrogens (tertiary/aromatic N) is 1. The van der Waals surface area contributed by atoms with Crippen LogP contribution >= 0.6 is 0 Å². The maximum atomic E-state index is 12.5. The number of hydrogen-bond acceptors (Lipinski definition) is 5. The van der Waals surface area contributed by atoms with Crippen molar-refractivity contribution < 1.29 is 24.2 Å². The predicted molar refractivity (Wildman–Crippen MR) is 86.1 cm³/mol. The van der Waals surface area contributed by atoms with Gasteiger partial charge in [-0.2, -0.15) is 0 Å². The molecule has 0 bridgehead atoms. The lowest BCUT2D eigenvalue weighted by Gasteiger charge is -2.33. The summed E-state index contributed by atoms with van der Waals surface area (Å²) in [5.74, 6) is -0.283. The van der Waals surface area contributed by atoms with Crippen molar-refractivity contribution in [1.82, 2.24) is 15.5 Å². The molecule has 3 amide bonds. The summed E-state index contributed by atoms with van der Waals surface area (Å²) in [6.45, 7) is 7.70. The van der Waals surface area contributed by atoms with E-state index in [4.69, 9.17) is 4.74 Å². The van der Waals surface area contributed by atoms with Gasteiger partial charge in [0.15, 0.2) is 0 Å². The zero-order chi connectivity index (χ0) is 18.1. The Bertz CT molecular complexity index is 518. The fraction of sp³-hybridized carbons (Fsp3) is 0.812. The van der Waals surface area contributed by atoms with E-state index in [0.29, 0.717) is 12.8 Å². The number of ether oxygens (including phenoxy) is 1. The Morgan fingerprint density at radius 1 is 1.38 bits per heavy atom. The van der Waals surface area contributed by atoms with Crippen molar-refractivity contribution in [2.24, 2.45) is 5.41 Å². The normalized spacial score (nSPS) is 30.7. The minimum absolute atomic E-state index is 0.0581. The van der Waals surface area contributed by atoms with Gasteiger partial charge in [0.25, 0.3) is 0 Å². The van der Waals surface area contributed by atoms with Crippen LogP contribution in [-0.2, 0) is 14.3 Å². The van der Waals surface area contributed by atoms with E-state index in [2.05, 4.69) is 10.6 Å². The van der Waals surface area contributed by atoms with Crippen LogP contribution in [-0.4, -0.2) is 65.3 Å². The summed E-state index contributed by atoms with van der Waals surface area (Å²) in [5, 5.41) is 15.7. The van der Waals surface area contributed by atoms with Crippen molar-refractivity contribution >= 4 is 17.9 Å². The van der Waals surface area contributed by atoms with Gasteiger partial charge in [0.1, 0.15) is 5.60 Å². The van der Waals surface area contributed by atoms with E-state index in [1.54, 1.807) is 27.7 Å². The summed E-state index contributed by atoms with van der Waals surface area (Å²) in [4.78, 5) is 37.3. The van der Waals surface area contributed by atoms with Gasteiger partial charge in [-0.1, -0.05) is 0 Å². The number of aliphatic hydroxyl groups excluding tert-OH is 1. The Balaban J connectivity index is 1.92. The van der Waals surface area contributed by atoms with Gasteiger partial charge in [-0.25, -0.2) is 4.79 Å². The van der Waals surface area contributed by atoms with Crippen LogP contribution in [0, 0.1) is 5.41 Å². The SMILES string of the molecule is CC(C)(C)OC(=O)N1C[C@@H](O)[C@@H](NC(=O)C2(C)CCC(=O)NC2)C1. The average Bonchev–Trinajstić information content (AvgIpc) is 2.82. The average molecular weight is 341 g/mol. The molecule has 0 radical (unpaired) electrons. The molecular weight excluding hydrogens is 314 g/mol. The molecule has 24 heavy (non-hydrogen) atoms. The molecule has 2 aliphatic heterocycles. The minimum atomic E-state index is -0.844. The third kappa shape index (κ3) is 4.37. The van der Waals surface area contributed by atoms with E-state index in [-0.39, 0.29) is 31.4 Å². The van der Waals surface area contributed by atoms with Crippen molar-refractivity contribution in [2.45, 2.75) is 58.3 Å². The lowest BCUT2D eigenvalue weighted by Crippen LogP contribution is -2.54. The van der Waals surface area contributed by atoms with Gasteiger partial charge >= 0.3 is 6.09 Å². The van der Waals surface area contributed by atoms with E-state index in [1.807, 2.05) is 0 Å². The van der Waals surface area contributed by atoms with Crippen LogP contribution in [0.1, 0.15) is 40.5 Å². The van der Waals surface area contributed by atoms with Gasteiger partial charge in [0, 0.05) is 19.5 Å². The largest absolute Gasteiger partial charge is 0.444 e. The van der Waals surface area contributed by atoms with E-state index in [0.717, 1.165) is 0 Å². The molecule has 0 aliphatic carbocycles. The number of carbonyl (C=O) groups excluding carboxylic acids is 3. The monoisotopic (exact) mass is 341 g/mol. The van der Waals surface area contributed by atoms with Gasteiger partial charge in [-0.15, -0.1) is 0 Å². The number of piperidine rings is 1. The van der Waals surface area contributed by atoms with Gasteiger partial charge < -0.3 is 25.4 Å². The molecule has 2 saturated heterocycles. The predicted octanol–water partition coefficient (Wildman–Crippen LogP) is -0.000900. The molecule has 0 saturated carbocycles. The molecule has 8 heteroatoms. The maximum Gasteiger partial charge on any atom is 0.410 e. The summed E-state index contributed by atoms with van der Waals surface area (Å²) >= 11 is 0. The Morgan fingerprint density at radius 2 is 2.04 bits per heavy atom. The summed E-state index contributed by atoms with van der Waals surface area (Å²) in [6.07, 6.45) is -0.581. The second kappa shape index (κ2) is 6.58. The fourth-order valence-corrected chi connectivity index (χ4v) is 2.80. The van der Waals surface area contributed by atoms with Crippen molar-refractivity contribution in [3.63, 3.8) is 0 Å². The van der Waals surface area contributed by atoms with Gasteiger partial charge in [0.2, 0.25) is 11.8 Å². The van der Waals surface area contributed by atoms with E-state index in [1.165, 1.54) is 4.90 Å². The molecule has 2 rings (SSSR count). The lowest BCUT2D eigenvalue weighted by atomic mass is 9.81. The summed E-state index contributed by atoms with van der Waals surface area (Å²) in [6, 6.07) is -0.542. The van der Waals surface area contributed by atoms with E-state index >= 15 is 0 Å². The molecule has 2 aliphatic rings. The maximum absolute atomic E-state index is 12.5.